The van der Waals surface area contributed by atoms with Gasteiger partial charge in [0.05, 0.1) is 26.4 Å². The molecular weight excluding hydrogens is 268 g/mol. The standard InChI is InChI=1S/C15H18N4O2/c1-20-12-4-2-10(3-5-12)8-21-9-11-6-13-15(17-13)14(7-11)18-19-16/h2-6,13-15,17H,7-9H2,1H3/t13-,14-,15-/m0/s1. The number of azide groups is 1. The van der Waals surface area contributed by atoms with Gasteiger partial charge in [0.1, 0.15) is 5.75 Å². The molecule has 1 saturated heterocycles. The van der Waals surface area contributed by atoms with Gasteiger partial charge in [-0.3, -0.25) is 0 Å². The largest absolute Gasteiger partial charge is 0.497 e. The van der Waals surface area contributed by atoms with Crippen molar-refractivity contribution < 1.29 is 9.47 Å². The van der Waals surface area contributed by atoms with Crippen LogP contribution in [0.15, 0.2) is 41.0 Å². The second-order valence-corrected chi connectivity index (χ2v) is 5.36. The zero-order valence-corrected chi connectivity index (χ0v) is 11.9. The Kier molecular flexibility index (Phi) is 4.10. The molecule has 2 aliphatic rings. The maximum Gasteiger partial charge on any atom is 0.118 e. The van der Waals surface area contributed by atoms with E-state index in [4.69, 9.17) is 15.0 Å². The molecule has 1 aromatic carbocycles. The Morgan fingerprint density at radius 2 is 2.14 bits per heavy atom. The van der Waals surface area contributed by atoms with Crippen LogP contribution in [0.25, 0.3) is 10.4 Å². The minimum Gasteiger partial charge on any atom is -0.497 e. The maximum atomic E-state index is 8.58. The second-order valence-electron chi connectivity index (χ2n) is 5.36. The summed E-state index contributed by atoms with van der Waals surface area (Å²) in [5, 5.41) is 7.16. The highest BCUT2D eigenvalue weighted by atomic mass is 16.5. The molecule has 1 fully saturated rings. The Labute approximate surface area is 123 Å². The smallest absolute Gasteiger partial charge is 0.118 e. The monoisotopic (exact) mass is 286 g/mol. The van der Waals surface area contributed by atoms with Crippen LogP contribution >= 0.6 is 0 Å². The third-order valence-electron chi connectivity index (χ3n) is 3.88. The topological polar surface area (TPSA) is 89.2 Å². The molecule has 6 heteroatoms. The normalized spacial score (nSPS) is 26.3. The van der Waals surface area contributed by atoms with Gasteiger partial charge in [-0.05, 0) is 35.2 Å². The minimum atomic E-state index is 0.0181. The first-order valence-electron chi connectivity index (χ1n) is 7.00. The van der Waals surface area contributed by atoms with E-state index in [0.29, 0.717) is 25.3 Å². The van der Waals surface area contributed by atoms with Crippen LogP contribution in [-0.4, -0.2) is 31.8 Å². The first kappa shape index (κ1) is 13.9. The summed E-state index contributed by atoms with van der Waals surface area (Å²) in [6.07, 6.45) is 2.98. The van der Waals surface area contributed by atoms with Gasteiger partial charge in [0.15, 0.2) is 0 Å². The van der Waals surface area contributed by atoms with Gasteiger partial charge < -0.3 is 14.8 Å². The van der Waals surface area contributed by atoms with Crippen molar-refractivity contribution in [2.24, 2.45) is 5.11 Å². The number of methoxy groups -OCH3 is 1. The predicted octanol–water partition coefficient (Wildman–Crippen LogP) is 2.56. The molecule has 0 spiro atoms. The van der Waals surface area contributed by atoms with E-state index in [1.165, 1.54) is 5.57 Å². The molecule has 21 heavy (non-hydrogen) atoms. The summed E-state index contributed by atoms with van der Waals surface area (Å²) in [6, 6.07) is 8.54. The molecule has 1 N–H and O–H groups in total. The fourth-order valence-corrected chi connectivity index (χ4v) is 2.69. The molecule has 0 amide bonds. The summed E-state index contributed by atoms with van der Waals surface area (Å²) in [4.78, 5) is 2.92. The van der Waals surface area contributed by atoms with Crippen LogP contribution in [0, 0.1) is 0 Å². The van der Waals surface area contributed by atoms with Crippen LogP contribution < -0.4 is 10.1 Å². The van der Waals surface area contributed by atoms with Gasteiger partial charge in [0, 0.05) is 17.0 Å². The van der Waals surface area contributed by atoms with Gasteiger partial charge in [-0.25, -0.2) is 0 Å². The molecule has 3 rings (SSSR count). The molecule has 0 saturated carbocycles. The number of hydrogen-bond acceptors (Lipinski definition) is 4. The van der Waals surface area contributed by atoms with Gasteiger partial charge in [0.2, 0.25) is 0 Å². The van der Waals surface area contributed by atoms with Crippen LogP contribution in [0.4, 0.5) is 0 Å². The summed E-state index contributed by atoms with van der Waals surface area (Å²) < 4.78 is 10.9. The third kappa shape index (κ3) is 3.36. The first-order valence-corrected chi connectivity index (χ1v) is 7.00. The van der Waals surface area contributed by atoms with Gasteiger partial charge in [-0.2, -0.15) is 0 Å². The van der Waals surface area contributed by atoms with Crippen molar-refractivity contribution in [3.05, 3.63) is 51.9 Å². The first-order chi connectivity index (χ1) is 10.3. The van der Waals surface area contributed by atoms with Gasteiger partial charge in [0.25, 0.3) is 0 Å². The van der Waals surface area contributed by atoms with Gasteiger partial charge in [-0.1, -0.05) is 23.3 Å². The molecule has 0 radical (unpaired) electrons. The van der Waals surface area contributed by atoms with Crippen molar-refractivity contribution in [2.45, 2.75) is 31.2 Å². The number of nitrogens with zero attached hydrogens (tertiary/aromatic N) is 3. The van der Waals surface area contributed by atoms with Gasteiger partial charge >= 0.3 is 0 Å². The zero-order chi connectivity index (χ0) is 14.7. The summed E-state index contributed by atoms with van der Waals surface area (Å²) in [5.74, 6) is 0.844. The molecule has 1 aliphatic carbocycles. The van der Waals surface area contributed by atoms with Crippen LogP contribution in [0.5, 0.6) is 5.75 Å². The number of fused-ring (bicyclic) bond motifs is 1. The maximum absolute atomic E-state index is 8.58. The molecule has 0 bridgehead atoms. The number of ether oxygens (including phenoxy) is 2. The van der Waals surface area contributed by atoms with E-state index >= 15 is 0 Å². The lowest BCUT2D eigenvalue weighted by Crippen LogP contribution is -2.21. The van der Waals surface area contributed by atoms with E-state index in [2.05, 4.69) is 21.4 Å². The Balaban J connectivity index is 1.50. The van der Waals surface area contributed by atoms with Crippen molar-refractivity contribution in [3.63, 3.8) is 0 Å². The highest BCUT2D eigenvalue weighted by Crippen LogP contribution is 2.30. The van der Waals surface area contributed by atoms with Crippen LogP contribution in [0.2, 0.25) is 0 Å². The van der Waals surface area contributed by atoms with Crippen molar-refractivity contribution in [2.75, 3.05) is 13.7 Å². The molecule has 1 aromatic rings. The number of rotatable bonds is 6. The van der Waals surface area contributed by atoms with E-state index in [1.54, 1.807) is 7.11 Å². The summed E-state index contributed by atoms with van der Waals surface area (Å²) in [6.45, 7) is 1.14. The van der Waals surface area contributed by atoms with Crippen LogP contribution in [-0.2, 0) is 11.3 Å². The average Bonchev–Trinajstić information content (AvgIpc) is 3.28. The fraction of sp³-hybridized carbons (Fsp3) is 0.467. The molecule has 0 aromatic heterocycles. The van der Waals surface area contributed by atoms with Crippen LogP contribution in [0.1, 0.15) is 12.0 Å². The van der Waals surface area contributed by atoms with E-state index in [0.717, 1.165) is 17.7 Å². The summed E-state index contributed by atoms with van der Waals surface area (Å²) in [7, 11) is 1.65. The van der Waals surface area contributed by atoms with E-state index in [1.807, 2.05) is 24.3 Å². The number of nitrogens with one attached hydrogen (secondary N) is 1. The van der Waals surface area contributed by atoms with Crippen molar-refractivity contribution in [1.29, 1.82) is 0 Å². The molecule has 1 aliphatic heterocycles. The second kappa shape index (κ2) is 6.18. The SMILES string of the molecule is COc1ccc(COCC2=C[C@@H]3N[C@@H]3[C@@H](N=[N+]=[N-])C2)cc1. The van der Waals surface area contributed by atoms with Crippen LogP contribution in [0.3, 0.4) is 0 Å². The Morgan fingerprint density at radius 3 is 2.86 bits per heavy atom. The molecular formula is C15H18N4O2. The van der Waals surface area contributed by atoms with E-state index in [9.17, 15) is 0 Å². The Bertz CT molecular complexity index is 578. The summed E-state index contributed by atoms with van der Waals surface area (Å²) >= 11 is 0. The molecule has 110 valence electrons. The van der Waals surface area contributed by atoms with Gasteiger partial charge in [-0.15, -0.1) is 0 Å². The minimum absolute atomic E-state index is 0.0181. The molecule has 3 atom stereocenters. The number of benzene rings is 1. The van der Waals surface area contributed by atoms with E-state index < -0.39 is 0 Å². The third-order valence-corrected chi connectivity index (χ3v) is 3.88. The van der Waals surface area contributed by atoms with Crippen molar-refractivity contribution >= 4 is 0 Å². The average molecular weight is 286 g/mol. The summed E-state index contributed by atoms with van der Waals surface area (Å²) in [5.41, 5.74) is 10.9. The van der Waals surface area contributed by atoms with Crippen molar-refractivity contribution in [3.8, 4) is 5.75 Å². The highest BCUT2D eigenvalue weighted by Gasteiger charge is 2.43. The lowest BCUT2D eigenvalue weighted by molar-refractivity contribution is 0.139. The molecule has 6 nitrogen and oxygen atoms in total. The Hall–Kier alpha value is -2.01. The quantitative estimate of drug-likeness (QED) is 0.286. The number of hydrogen-bond donors (Lipinski definition) is 1. The highest BCUT2D eigenvalue weighted by molar-refractivity contribution is 5.28. The lowest BCUT2D eigenvalue weighted by atomic mass is 9.96. The predicted molar refractivity (Wildman–Crippen MR) is 79.0 cm³/mol. The Morgan fingerprint density at radius 1 is 1.33 bits per heavy atom. The van der Waals surface area contributed by atoms with Crippen molar-refractivity contribution in [1.82, 2.24) is 5.32 Å². The molecule has 0 unspecified atom stereocenters. The zero-order valence-electron chi connectivity index (χ0n) is 11.9. The lowest BCUT2D eigenvalue weighted by Gasteiger charge is -2.17. The van der Waals surface area contributed by atoms with E-state index in [-0.39, 0.29) is 6.04 Å². The fourth-order valence-electron chi connectivity index (χ4n) is 2.69. The molecule has 1 heterocycles.